The number of hydrogen-bond acceptors (Lipinski definition) is 2. The van der Waals surface area contributed by atoms with E-state index in [9.17, 15) is 4.39 Å². The van der Waals surface area contributed by atoms with Gasteiger partial charge < -0.3 is 10.1 Å². The van der Waals surface area contributed by atoms with E-state index in [1.807, 2.05) is 12.1 Å². The zero-order valence-corrected chi connectivity index (χ0v) is 10.1. The van der Waals surface area contributed by atoms with Gasteiger partial charge in [-0.25, -0.2) is 4.39 Å². The molecule has 1 aromatic rings. The predicted molar refractivity (Wildman–Crippen MR) is 66.3 cm³/mol. The SMILES string of the molecule is Fc1ccccc1CNCCCC1CCCO1. The normalized spacial score (nSPS) is 19.7. The van der Waals surface area contributed by atoms with E-state index in [0.717, 1.165) is 31.6 Å². The minimum atomic E-state index is -0.126. The smallest absolute Gasteiger partial charge is 0.127 e. The fourth-order valence-electron chi connectivity index (χ4n) is 2.19. The maximum atomic E-state index is 13.3. The Labute approximate surface area is 102 Å². The van der Waals surface area contributed by atoms with Crippen LogP contribution in [0.15, 0.2) is 24.3 Å². The lowest BCUT2D eigenvalue weighted by atomic mass is 10.1. The van der Waals surface area contributed by atoms with Gasteiger partial charge in [0.1, 0.15) is 5.82 Å². The third-order valence-corrected chi connectivity index (χ3v) is 3.18. The second-order valence-electron chi connectivity index (χ2n) is 4.55. The molecule has 0 amide bonds. The summed E-state index contributed by atoms with van der Waals surface area (Å²) in [7, 11) is 0. The van der Waals surface area contributed by atoms with Crippen molar-refractivity contribution in [2.75, 3.05) is 13.2 Å². The fourth-order valence-corrected chi connectivity index (χ4v) is 2.19. The van der Waals surface area contributed by atoms with Crippen molar-refractivity contribution in [1.29, 1.82) is 0 Å². The Hall–Kier alpha value is -0.930. The molecular weight excluding hydrogens is 217 g/mol. The van der Waals surface area contributed by atoms with Crippen LogP contribution in [0.4, 0.5) is 4.39 Å². The second kappa shape index (κ2) is 6.72. The van der Waals surface area contributed by atoms with Crippen LogP contribution >= 0.6 is 0 Å². The van der Waals surface area contributed by atoms with Crippen LogP contribution < -0.4 is 5.32 Å². The average molecular weight is 237 g/mol. The van der Waals surface area contributed by atoms with Crippen molar-refractivity contribution in [2.24, 2.45) is 0 Å². The summed E-state index contributed by atoms with van der Waals surface area (Å²) in [5.41, 5.74) is 0.740. The van der Waals surface area contributed by atoms with Gasteiger partial charge in [0.2, 0.25) is 0 Å². The van der Waals surface area contributed by atoms with E-state index in [1.165, 1.54) is 18.9 Å². The molecule has 1 heterocycles. The summed E-state index contributed by atoms with van der Waals surface area (Å²) in [5, 5.41) is 3.27. The van der Waals surface area contributed by atoms with E-state index < -0.39 is 0 Å². The molecule has 2 nitrogen and oxygen atoms in total. The first kappa shape index (κ1) is 12.5. The third-order valence-electron chi connectivity index (χ3n) is 3.18. The quantitative estimate of drug-likeness (QED) is 0.768. The summed E-state index contributed by atoms with van der Waals surface area (Å²) in [6.45, 7) is 2.46. The highest BCUT2D eigenvalue weighted by atomic mass is 19.1. The molecule has 1 aliphatic rings. The molecule has 1 saturated heterocycles. The number of hydrogen-bond donors (Lipinski definition) is 1. The monoisotopic (exact) mass is 237 g/mol. The summed E-state index contributed by atoms with van der Waals surface area (Å²) < 4.78 is 18.8. The van der Waals surface area contributed by atoms with Crippen molar-refractivity contribution < 1.29 is 9.13 Å². The number of ether oxygens (including phenoxy) is 1. The minimum absolute atomic E-state index is 0.126. The summed E-state index contributed by atoms with van der Waals surface area (Å²) in [5.74, 6) is -0.126. The van der Waals surface area contributed by atoms with Gasteiger partial charge in [0.05, 0.1) is 6.10 Å². The molecule has 0 saturated carbocycles. The molecule has 0 aromatic heterocycles. The Morgan fingerprint density at radius 2 is 2.24 bits per heavy atom. The molecule has 2 rings (SSSR count). The van der Waals surface area contributed by atoms with Crippen LogP contribution in [0.1, 0.15) is 31.2 Å². The van der Waals surface area contributed by atoms with Gasteiger partial charge in [-0.1, -0.05) is 18.2 Å². The van der Waals surface area contributed by atoms with E-state index in [4.69, 9.17) is 4.74 Å². The largest absolute Gasteiger partial charge is 0.378 e. The molecule has 17 heavy (non-hydrogen) atoms. The average Bonchev–Trinajstić information content (AvgIpc) is 2.84. The number of rotatable bonds is 6. The van der Waals surface area contributed by atoms with Crippen LogP contribution in [-0.2, 0) is 11.3 Å². The first-order valence-electron chi connectivity index (χ1n) is 6.42. The molecule has 1 N–H and O–H groups in total. The molecule has 0 aliphatic carbocycles. The molecule has 1 atom stereocenters. The first-order valence-corrected chi connectivity index (χ1v) is 6.42. The van der Waals surface area contributed by atoms with Crippen LogP contribution in [0.3, 0.4) is 0 Å². The van der Waals surface area contributed by atoms with Crippen molar-refractivity contribution in [3.8, 4) is 0 Å². The molecule has 1 unspecified atom stereocenters. The lowest BCUT2D eigenvalue weighted by molar-refractivity contribution is 0.102. The molecule has 1 fully saturated rings. The molecule has 0 radical (unpaired) electrons. The zero-order chi connectivity index (χ0) is 11.9. The Bertz CT molecular complexity index is 337. The van der Waals surface area contributed by atoms with Gasteiger partial charge in [0.15, 0.2) is 0 Å². The van der Waals surface area contributed by atoms with Crippen LogP contribution in [0, 0.1) is 5.82 Å². The lowest BCUT2D eigenvalue weighted by Gasteiger charge is -2.09. The van der Waals surface area contributed by atoms with Gasteiger partial charge in [-0.2, -0.15) is 0 Å². The van der Waals surface area contributed by atoms with Crippen LogP contribution in [0.2, 0.25) is 0 Å². The van der Waals surface area contributed by atoms with E-state index in [2.05, 4.69) is 5.32 Å². The number of benzene rings is 1. The van der Waals surface area contributed by atoms with E-state index >= 15 is 0 Å². The Morgan fingerprint density at radius 3 is 3.00 bits per heavy atom. The molecule has 0 bridgehead atoms. The molecule has 94 valence electrons. The Balaban J connectivity index is 1.58. The van der Waals surface area contributed by atoms with Crippen molar-refractivity contribution in [3.63, 3.8) is 0 Å². The maximum absolute atomic E-state index is 13.3. The maximum Gasteiger partial charge on any atom is 0.127 e. The highest BCUT2D eigenvalue weighted by Crippen LogP contribution is 2.16. The minimum Gasteiger partial charge on any atom is -0.378 e. The van der Waals surface area contributed by atoms with Crippen molar-refractivity contribution >= 4 is 0 Å². The summed E-state index contributed by atoms with van der Waals surface area (Å²) in [4.78, 5) is 0. The summed E-state index contributed by atoms with van der Waals surface area (Å²) in [6.07, 6.45) is 5.08. The fraction of sp³-hybridized carbons (Fsp3) is 0.571. The van der Waals surface area contributed by atoms with E-state index in [0.29, 0.717) is 12.6 Å². The summed E-state index contributed by atoms with van der Waals surface area (Å²) in [6, 6.07) is 6.91. The lowest BCUT2D eigenvalue weighted by Crippen LogP contribution is -2.17. The van der Waals surface area contributed by atoms with Crippen molar-refractivity contribution in [2.45, 2.75) is 38.3 Å². The third kappa shape index (κ3) is 4.10. The van der Waals surface area contributed by atoms with Crippen molar-refractivity contribution in [1.82, 2.24) is 5.32 Å². The zero-order valence-electron chi connectivity index (χ0n) is 10.1. The van der Waals surface area contributed by atoms with Gasteiger partial charge in [-0.05, 0) is 38.3 Å². The number of nitrogens with one attached hydrogen (secondary N) is 1. The topological polar surface area (TPSA) is 21.3 Å². The van der Waals surface area contributed by atoms with Gasteiger partial charge >= 0.3 is 0 Å². The Kier molecular flexibility index (Phi) is 4.95. The van der Waals surface area contributed by atoms with Gasteiger partial charge in [-0.3, -0.25) is 0 Å². The molecule has 0 spiro atoms. The molecule has 3 heteroatoms. The predicted octanol–water partition coefficient (Wildman–Crippen LogP) is 2.87. The highest BCUT2D eigenvalue weighted by molar-refractivity contribution is 5.16. The standard InChI is InChI=1S/C14H20FNO/c15-14-8-2-1-5-12(14)11-16-9-3-6-13-7-4-10-17-13/h1-2,5,8,13,16H,3-4,6-7,9-11H2. The number of halogens is 1. The Morgan fingerprint density at radius 1 is 1.35 bits per heavy atom. The van der Waals surface area contributed by atoms with E-state index in [-0.39, 0.29) is 5.82 Å². The van der Waals surface area contributed by atoms with Crippen LogP contribution in [0.5, 0.6) is 0 Å². The van der Waals surface area contributed by atoms with Gasteiger partial charge in [0.25, 0.3) is 0 Å². The summed E-state index contributed by atoms with van der Waals surface area (Å²) >= 11 is 0. The second-order valence-corrected chi connectivity index (χ2v) is 4.55. The molecule has 1 aromatic carbocycles. The van der Waals surface area contributed by atoms with Crippen LogP contribution in [-0.4, -0.2) is 19.3 Å². The van der Waals surface area contributed by atoms with Crippen molar-refractivity contribution in [3.05, 3.63) is 35.6 Å². The molecular formula is C14H20FNO. The first-order chi connectivity index (χ1) is 8.36. The van der Waals surface area contributed by atoms with Gasteiger partial charge in [0, 0.05) is 18.7 Å². The highest BCUT2D eigenvalue weighted by Gasteiger charge is 2.14. The van der Waals surface area contributed by atoms with Crippen LogP contribution in [0.25, 0.3) is 0 Å². The van der Waals surface area contributed by atoms with Gasteiger partial charge in [-0.15, -0.1) is 0 Å². The molecule has 1 aliphatic heterocycles. The van der Waals surface area contributed by atoms with E-state index in [1.54, 1.807) is 6.07 Å².